The Hall–Kier alpha value is -5.03. The molecule has 0 aliphatic carbocycles. The molecule has 45 heavy (non-hydrogen) atoms. The number of nitrogens with zero attached hydrogens (tertiary/aromatic N) is 2. The lowest BCUT2D eigenvalue weighted by atomic mass is 9.95. The van der Waals surface area contributed by atoms with E-state index in [1.165, 1.54) is 49.6 Å². The number of carbonyl (C=O) groups excluding carboxylic acids is 1. The second-order valence-corrected chi connectivity index (χ2v) is 12.6. The number of benzene rings is 4. The number of halogens is 3. The van der Waals surface area contributed by atoms with Gasteiger partial charge in [-0.15, -0.1) is 0 Å². The summed E-state index contributed by atoms with van der Waals surface area (Å²) in [6.07, 6.45) is 1.98. The lowest BCUT2D eigenvalue weighted by molar-refractivity contribution is 0.103. The van der Waals surface area contributed by atoms with E-state index in [9.17, 15) is 22.0 Å². The summed E-state index contributed by atoms with van der Waals surface area (Å²) >= 11 is 0. The van der Waals surface area contributed by atoms with Crippen molar-refractivity contribution in [3.63, 3.8) is 0 Å². The number of nitrogens with one attached hydrogen (secondary N) is 1. The van der Waals surface area contributed by atoms with Gasteiger partial charge < -0.3 is 9.30 Å². The molecule has 1 aliphatic rings. The minimum absolute atomic E-state index is 0.0490. The van der Waals surface area contributed by atoms with Crippen LogP contribution >= 0.6 is 0 Å². The van der Waals surface area contributed by atoms with Gasteiger partial charge in [-0.25, -0.2) is 21.6 Å². The van der Waals surface area contributed by atoms with Crippen LogP contribution < -0.4 is 9.46 Å². The van der Waals surface area contributed by atoms with Gasteiger partial charge in [-0.2, -0.15) is 0 Å². The van der Waals surface area contributed by atoms with E-state index >= 15 is 4.39 Å². The molecule has 7 rings (SSSR count). The summed E-state index contributed by atoms with van der Waals surface area (Å²) in [6, 6.07) is 20.2. The van der Waals surface area contributed by atoms with Crippen LogP contribution in [0.5, 0.6) is 5.75 Å². The molecule has 0 spiro atoms. The van der Waals surface area contributed by atoms with Crippen LogP contribution in [0.2, 0.25) is 0 Å². The number of rotatable bonds is 7. The molecule has 0 fully saturated rings. The van der Waals surface area contributed by atoms with Gasteiger partial charge in [0.1, 0.15) is 28.4 Å². The van der Waals surface area contributed by atoms with Crippen molar-refractivity contribution in [2.75, 3.05) is 11.8 Å². The first-order valence-corrected chi connectivity index (χ1v) is 15.8. The zero-order valence-corrected chi connectivity index (χ0v) is 24.8. The minimum atomic E-state index is -4.10. The van der Waals surface area contributed by atoms with Gasteiger partial charge in [0.15, 0.2) is 11.6 Å². The predicted octanol–water partition coefficient (Wildman–Crippen LogP) is 7.36. The van der Waals surface area contributed by atoms with Gasteiger partial charge in [-0.05, 0) is 85.5 Å². The number of ether oxygens (including phenoxy) is 1. The van der Waals surface area contributed by atoms with Crippen molar-refractivity contribution < 1.29 is 31.1 Å². The molecule has 0 unspecified atom stereocenters. The van der Waals surface area contributed by atoms with Crippen LogP contribution in [0, 0.1) is 17.5 Å². The van der Waals surface area contributed by atoms with Gasteiger partial charge in [0, 0.05) is 28.9 Å². The molecule has 1 aliphatic heterocycles. The second-order valence-electron chi connectivity index (χ2n) is 10.9. The second kappa shape index (κ2) is 10.8. The molecule has 6 aromatic rings. The van der Waals surface area contributed by atoms with Crippen molar-refractivity contribution in [3.8, 4) is 16.9 Å². The molecule has 0 saturated carbocycles. The van der Waals surface area contributed by atoms with E-state index in [1.807, 2.05) is 0 Å². The van der Waals surface area contributed by atoms with Crippen LogP contribution in [0.25, 0.3) is 27.8 Å². The average molecular weight is 630 g/mol. The van der Waals surface area contributed by atoms with E-state index in [0.29, 0.717) is 53.1 Å². The monoisotopic (exact) mass is 629 g/mol. The first-order valence-electron chi connectivity index (χ1n) is 14.3. The third-order valence-corrected chi connectivity index (χ3v) is 9.59. The summed E-state index contributed by atoms with van der Waals surface area (Å²) < 4.78 is 81.6. The van der Waals surface area contributed by atoms with Crippen molar-refractivity contribution in [1.29, 1.82) is 0 Å². The molecule has 3 heterocycles. The van der Waals surface area contributed by atoms with Gasteiger partial charge in [0.2, 0.25) is 5.78 Å². The fourth-order valence-corrected chi connectivity index (χ4v) is 7.29. The molecule has 0 saturated heterocycles. The average Bonchev–Trinajstić information content (AvgIpc) is 3.44. The van der Waals surface area contributed by atoms with Gasteiger partial charge in [0.25, 0.3) is 10.0 Å². The van der Waals surface area contributed by atoms with E-state index in [2.05, 4.69) is 4.72 Å². The van der Waals surface area contributed by atoms with Crippen molar-refractivity contribution in [3.05, 3.63) is 119 Å². The largest absolute Gasteiger partial charge is 0.497 e. The molecular weight excluding hydrogens is 603 g/mol. The first kappa shape index (κ1) is 28.7. The van der Waals surface area contributed by atoms with Crippen molar-refractivity contribution in [2.45, 2.75) is 30.7 Å². The number of anilines is 1. The molecule has 7 nitrogen and oxygen atoms in total. The smallest absolute Gasteiger partial charge is 0.261 e. The Morgan fingerprint density at radius 1 is 0.911 bits per heavy atom. The Kier molecular flexibility index (Phi) is 6.92. The lowest BCUT2D eigenvalue weighted by Gasteiger charge is -2.12. The third-order valence-electron chi connectivity index (χ3n) is 8.21. The topological polar surface area (TPSA) is 81.8 Å². The van der Waals surface area contributed by atoms with Crippen LogP contribution in [0.15, 0.2) is 89.8 Å². The van der Waals surface area contributed by atoms with E-state index in [4.69, 9.17) is 4.74 Å². The highest BCUT2D eigenvalue weighted by Crippen LogP contribution is 2.41. The molecule has 228 valence electrons. The van der Waals surface area contributed by atoms with Crippen LogP contribution in [0.1, 0.15) is 34.5 Å². The number of ketones is 1. The van der Waals surface area contributed by atoms with Gasteiger partial charge in [0.05, 0.1) is 17.5 Å². The highest BCUT2D eigenvalue weighted by Gasteiger charge is 2.32. The van der Waals surface area contributed by atoms with Crippen molar-refractivity contribution >= 4 is 38.2 Å². The number of imidazole rings is 1. The Balaban J connectivity index is 1.44. The summed E-state index contributed by atoms with van der Waals surface area (Å²) in [5.74, 6) is -2.43. The molecular formula is C34H26F3N3O4S. The Morgan fingerprint density at radius 3 is 2.40 bits per heavy atom. The molecule has 0 amide bonds. The minimum Gasteiger partial charge on any atom is -0.497 e. The fraction of sp³-hybridized carbons (Fsp3) is 0.147. The normalized spacial score (nSPS) is 13.2. The van der Waals surface area contributed by atoms with E-state index in [-0.39, 0.29) is 21.7 Å². The molecule has 0 atom stereocenters. The molecule has 11 heteroatoms. The quantitative estimate of drug-likeness (QED) is 0.187. The van der Waals surface area contributed by atoms with Crippen LogP contribution in [0.4, 0.5) is 18.9 Å². The number of aromatic nitrogens is 2. The van der Waals surface area contributed by atoms with Gasteiger partial charge >= 0.3 is 0 Å². The molecule has 1 N–H and O–H groups in total. The highest BCUT2D eigenvalue weighted by molar-refractivity contribution is 7.92. The summed E-state index contributed by atoms with van der Waals surface area (Å²) in [6.45, 7) is 0.408. The first-order chi connectivity index (χ1) is 21.7. The number of hydrogen-bond donors (Lipinski definition) is 1. The Labute approximate surface area is 256 Å². The number of carbonyl (C=O) groups is 1. The SMILES string of the molecule is COc1ccc(NS(=O)(=O)c2cccc(C(=O)c3c(-c4ccc(F)cc4)c4c5n(c6c(F)c(F)ccc6n35)CCCC4)c2)cc1. The summed E-state index contributed by atoms with van der Waals surface area (Å²) in [5.41, 5.74) is 3.31. The maximum atomic E-state index is 15.4. The molecule has 2 aromatic heterocycles. The summed E-state index contributed by atoms with van der Waals surface area (Å²) in [5, 5.41) is 0. The van der Waals surface area contributed by atoms with Crippen molar-refractivity contribution in [1.82, 2.24) is 8.97 Å². The number of aryl methyl sites for hydroxylation is 2. The summed E-state index contributed by atoms with van der Waals surface area (Å²) in [7, 11) is -2.60. The zero-order chi connectivity index (χ0) is 31.5. The lowest BCUT2D eigenvalue weighted by Crippen LogP contribution is -2.14. The number of sulfonamides is 1. The molecule has 4 aromatic carbocycles. The van der Waals surface area contributed by atoms with Crippen LogP contribution in [0.3, 0.4) is 0 Å². The Morgan fingerprint density at radius 2 is 1.67 bits per heavy atom. The van der Waals surface area contributed by atoms with Gasteiger partial charge in [-0.1, -0.05) is 24.3 Å². The number of fused-ring (bicyclic) bond motifs is 3. The Bertz CT molecular complexity index is 2240. The van der Waals surface area contributed by atoms with Crippen LogP contribution in [-0.2, 0) is 23.0 Å². The summed E-state index contributed by atoms with van der Waals surface area (Å²) in [4.78, 5) is 14.4. The number of hydrogen-bond acceptors (Lipinski definition) is 4. The van der Waals surface area contributed by atoms with Crippen molar-refractivity contribution in [2.24, 2.45) is 0 Å². The highest BCUT2D eigenvalue weighted by atomic mass is 32.2. The third kappa shape index (κ3) is 4.74. The maximum absolute atomic E-state index is 15.4. The zero-order valence-electron chi connectivity index (χ0n) is 24.0. The standard InChI is InChI=1S/C34H26F3N3O4S/c1-44-24-14-12-23(13-15-24)38-45(42,43)25-6-4-5-21(19-25)33(41)32-29(20-8-10-22(35)11-9-20)26-7-2-3-18-39-31-28(40(32)34(26)39)17-16-27(36)30(31)37/h4-6,8-17,19,38H,2-3,7,18H2,1H3. The van der Waals surface area contributed by atoms with Crippen LogP contribution in [-0.4, -0.2) is 30.3 Å². The van der Waals surface area contributed by atoms with E-state index in [0.717, 1.165) is 18.1 Å². The van der Waals surface area contributed by atoms with E-state index in [1.54, 1.807) is 45.4 Å². The molecule has 0 radical (unpaired) electrons. The maximum Gasteiger partial charge on any atom is 0.261 e. The molecule has 0 bridgehead atoms. The van der Waals surface area contributed by atoms with E-state index < -0.39 is 33.3 Å². The fourth-order valence-electron chi connectivity index (χ4n) is 6.18. The van der Waals surface area contributed by atoms with Gasteiger partial charge in [-0.3, -0.25) is 13.9 Å². The predicted molar refractivity (Wildman–Crippen MR) is 165 cm³/mol. The number of methoxy groups -OCH3 is 1.